The van der Waals surface area contributed by atoms with Crippen LogP contribution in [0.4, 0.5) is 5.13 Å². The summed E-state index contributed by atoms with van der Waals surface area (Å²) < 4.78 is 13.4. The standard InChI is InChI=1S/C20H24ClN5O3S.ClH/c1-3-25-7-6-15(23-25)19(27)26(9-8-24-10-12-29-13-11-24)20-22-17-16(28-2)5-4-14(21)18(17)30-20;/h4-7H,3,8-13H2,1-2H3;1H. The lowest BCUT2D eigenvalue weighted by Gasteiger charge is -2.29. The molecule has 1 aromatic carbocycles. The minimum absolute atomic E-state index is 0. The second-order valence-electron chi connectivity index (χ2n) is 6.89. The Morgan fingerprint density at radius 2 is 2.10 bits per heavy atom. The first-order valence-electron chi connectivity index (χ1n) is 9.89. The molecule has 0 atom stereocenters. The molecular weight excluding hydrogens is 461 g/mol. The number of hydrogen-bond acceptors (Lipinski definition) is 7. The van der Waals surface area contributed by atoms with Crippen molar-refractivity contribution < 1.29 is 14.3 Å². The molecule has 0 saturated carbocycles. The van der Waals surface area contributed by atoms with Crippen molar-refractivity contribution in [2.45, 2.75) is 13.5 Å². The van der Waals surface area contributed by atoms with E-state index in [2.05, 4.69) is 10.00 Å². The predicted molar refractivity (Wildman–Crippen MR) is 125 cm³/mol. The highest BCUT2D eigenvalue weighted by Gasteiger charge is 2.25. The van der Waals surface area contributed by atoms with Crippen LogP contribution in [-0.4, -0.2) is 72.1 Å². The first-order chi connectivity index (χ1) is 14.6. The molecule has 3 aromatic rings. The Bertz CT molecular complexity index is 1040. The molecular formula is C20H25Cl2N5O3S. The maximum Gasteiger partial charge on any atom is 0.280 e. The summed E-state index contributed by atoms with van der Waals surface area (Å²) in [5.74, 6) is 0.456. The van der Waals surface area contributed by atoms with E-state index in [4.69, 9.17) is 26.1 Å². The predicted octanol–water partition coefficient (Wildman–Crippen LogP) is 3.58. The molecule has 1 saturated heterocycles. The molecule has 1 amide bonds. The third kappa shape index (κ3) is 5.12. The highest BCUT2D eigenvalue weighted by molar-refractivity contribution is 7.23. The van der Waals surface area contributed by atoms with Gasteiger partial charge in [0.1, 0.15) is 11.3 Å². The number of nitrogens with zero attached hydrogens (tertiary/aromatic N) is 5. The van der Waals surface area contributed by atoms with Crippen LogP contribution in [0, 0.1) is 0 Å². The second kappa shape index (κ2) is 10.6. The van der Waals surface area contributed by atoms with Crippen LogP contribution in [0.1, 0.15) is 17.4 Å². The summed E-state index contributed by atoms with van der Waals surface area (Å²) in [5.41, 5.74) is 1.06. The minimum atomic E-state index is -0.176. The Morgan fingerprint density at radius 3 is 2.77 bits per heavy atom. The summed E-state index contributed by atoms with van der Waals surface area (Å²) in [6.07, 6.45) is 1.81. The van der Waals surface area contributed by atoms with Gasteiger partial charge in [-0.3, -0.25) is 19.3 Å². The number of aromatic nitrogens is 3. The average molecular weight is 486 g/mol. The van der Waals surface area contributed by atoms with Crippen LogP contribution in [0.2, 0.25) is 5.02 Å². The van der Waals surface area contributed by atoms with Gasteiger partial charge in [-0.05, 0) is 25.1 Å². The largest absolute Gasteiger partial charge is 0.494 e. The van der Waals surface area contributed by atoms with E-state index in [0.717, 1.165) is 24.3 Å². The SMILES string of the molecule is CCn1ccc(C(=O)N(CCN2CCOCC2)c2nc3c(OC)ccc(Cl)c3s2)n1.Cl. The molecule has 0 N–H and O–H groups in total. The minimum Gasteiger partial charge on any atom is -0.494 e. The van der Waals surface area contributed by atoms with Gasteiger partial charge in [-0.25, -0.2) is 4.98 Å². The first-order valence-corrected chi connectivity index (χ1v) is 11.1. The Kier molecular flexibility index (Phi) is 8.12. The second-order valence-corrected chi connectivity index (χ2v) is 8.28. The Hall–Kier alpha value is -1.91. The van der Waals surface area contributed by atoms with E-state index in [1.807, 2.05) is 13.1 Å². The number of halogens is 2. The zero-order valence-corrected chi connectivity index (χ0v) is 19.8. The van der Waals surface area contributed by atoms with Crippen LogP contribution in [-0.2, 0) is 11.3 Å². The van der Waals surface area contributed by atoms with Crippen LogP contribution in [0.5, 0.6) is 5.75 Å². The highest BCUT2D eigenvalue weighted by atomic mass is 35.5. The first kappa shape index (κ1) is 23.7. The quantitative estimate of drug-likeness (QED) is 0.509. The molecule has 4 rings (SSSR count). The normalized spacial score (nSPS) is 14.4. The van der Waals surface area contributed by atoms with Gasteiger partial charge in [-0.2, -0.15) is 5.10 Å². The number of carbonyl (C=O) groups excluding carboxylic acids is 1. The van der Waals surface area contributed by atoms with E-state index in [0.29, 0.717) is 53.4 Å². The fourth-order valence-corrected chi connectivity index (χ4v) is 4.64. The smallest absolute Gasteiger partial charge is 0.280 e. The van der Waals surface area contributed by atoms with Crippen LogP contribution in [0.3, 0.4) is 0 Å². The van der Waals surface area contributed by atoms with E-state index in [1.165, 1.54) is 11.3 Å². The van der Waals surface area contributed by atoms with Gasteiger partial charge >= 0.3 is 0 Å². The van der Waals surface area contributed by atoms with Gasteiger partial charge < -0.3 is 9.47 Å². The molecule has 2 aromatic heterocycles. The highest BCUT2D eigenvalue weighted by Crippen LogP contribution is 2.39. The van der Waals surface area contributed by atoms with Crippen molar-refractivity contribution in [3.05, 3.63) is 35.1 Å². The number of ether oxygens (including phenoxy) is 2. The van der Waals surface area contributed by atoms with Crippen molar-refractivity contribution in [1.82, 2.24) is 19.7 Å². The Balaban J connectivity index is 0.00000272. The van der Waals surface area contributed by atoms with Crippen molar-refractivity contribution in [2.24, 2.45) is 0 Å². The number of anilines is 1. The number of carbonyl (C=O) groups is 1. The van der Waals surface area contributed by atoms with Gasteiger partial charge in [-0.15, -0.1) is 12.4 Å². The molecule has 0 unspecified atom stereocenters. The van der Waals surface area contributed by atoms with Gasteiger partial charge in [0.2, 0.25) is 0 Å². The van der Waals surface area contributed by atoms with Gasteiger partial charge in [-0.1, -0.05) is 22.9 Å². The zero-order valence-electron chi connectivity index (χ0n) is 17.4. The van der Waals surface area contributed by atoms with Crippen molar-refractivity contribution in [3.8, 4) is 5.75 Å². The lowest BCUT2D eigenvalue weighted by Crippen LogP contribution is -2.43. The maximum absolute atomic E-state index is 13.4. The molecule has 3 heterocycles. The zero-order chi connectivity index (χ0) is 21.1. The summed E-state index contributed by atoms with van der Waals surface area (Å²) in [7, 11) is 1.60. The van der Waals surface area contributed by atoms with Crippen molar-refractivity contribution >= 4 is 56.6 Å². The lowest BCUT2D eigenvalue weighted by atomic mass is 10.3. The number of methoxy groups -OCH3 is 1. The molecule has 31 heavy (non-hydrogen) atoms. The summed E-state index contributed by atoms with van der Waals surface area (Å²) in [6.45, 7) is 7.04. The van der Waals surface area contributed by atoms with Crippen LogP contribution >= 0.6 is 35.3 Å². The Labute approximate surface area is 196 Å². The molecule has 0 bridgehead atoms. The van der Waals surface area contributed by atoms with E-state index in [9.17, 15) is 4.79 Å². The van der Waals surface area contributed by atoms with E-state index in [-0.39, 0.29) is 18.3 Å². The summed E-state index contributed by atoms with van der Waals surface area (Å²) >= 11 is 7.78. The molecule has 0 spiro atoms. The third-order valence-electron chi connectivity index (χ3n) is 5.07. The molecule has 8 nitrogen and oxygen atoms in total. The number of aryl methyl sites for hydroxylation is 1. The summed E-state index contributed by atoms with van der Waals surface area (Å²) in [4.78, 5) is 22.1. The monoisotopic (exact) mass is 485 g/mol. The molecule has 0 aliphatic carbocycles. The van der Waals surface area contributed by atoms with Gasteiger partial charge in [0, 0.05) is 38.9 Å². The van der Waals surface area contributed by atoms with Crippen LogP contribution < -0.4 is 9.64 Å². The fraction of sp³-hybridized carbons (Fsp3) is 0.450. The third-order valence-corrected chi connectivity index (χ3v) is 6.61. The molecule has 168 valence electrons. The van der Waals surface area contributed by atoms with Crippen molar-refractivity contribution in [2.75, 3.05) is 51.4 Å². The van der Waals surface area contributed by atoms with Crippen LogP contribution in [0.25, 0.3) is 10.2 Å². The topological polar surface area (TPSA) is 72.7 Å². The molecule has 0 radical (unpaired) electrons. The van der Waals surface area contributed by atoms with Gasteiger partial charge in [0.05, 0.1) is 30.0 Å². The number of amides is 1. The fourth-order valence-electron chi connectivity index (χ4n) is 3.36. The van der Waals surface area contributed by atoms with E-state index in [1.54, 1.807) is 34.9 Å². The van der Waals surface area contributed by atoms with Crippen molar-refractivity contribution in [3.63, 3.8) is 0 Å². The van der Waals surface area contributed by atoms with Gasteiger partial charge in [0.25, 0.3) is 5.91 Å². The number of rotatable bonds is 7. The average Bonchev–Trinajstić information content (AvgIpc) is 3.43. The van der Waals surface area contributed by atoms with E-state index < -0.39 is 0 Å². The maximum atomic E-state index is 13.4. The lowest BCUT2D eigenvalue weighted by molar-refractivity contribution is 0.0391. The van der Waals surface area contributed by atoms with Crippen LogP contribution in [0.15, 0.2) is 24.4 Å². The molecule has 1 aliphatic rings. The van der Waals surface area contributed by atoms with Crippen molar-refractivity contribution in [1.29, 1.82) is 0 Å². The van der Waals surface area contributed by atoms with Gasteiger partial charge in [0.15, 0.2) is 10.8 Å². The van der Waals surface area contributed by atoms with E-state index >= 15 is 0 Å². The number of morpholine rings is 1. The number of hydrogen-bond donors (Lipinski definition) is 0. The molecule has 11 heteroatoms. The summed E-state index contributed by atoms with van der Waals surface area (Å²) in [6, 6.07) is 5.32. The molecule has 1 aliphatic heterocycles. The number of fused-ring (bicyclic) bond motifs is 1. The molecule has 1 fully saturated rings. The number of thiazole rings is 1. The summed E-state index contributed by atoms with van der Waals surface area (Å²) in [5, 5.41) is 5.57. The Morgan fingerprint density at radius 1 is 1.32 bits per heavy atom. The number of benzene rings is 1.